The summed E-state index contributed by atoms with van der Waals surface area (Å²) in [6, 6.07) is 3.29. The third-order valence-electron chi connectivity index (χ3n) is 3.64. The lowest BCUT2D eigenvalue weighted by molar-refractivity contribution is -0.119. The van der Waals surface area contributed by atoms with Crippen molar-refractivity contribution in [2.24, 2.45) is 0 Å². The number of aryl methyl sites for hydroxylation is 1. The molecule has 24 heavy (non-hydrogen) atoms. The highest BCUT2D eigenvalue weighted by Gasteiger charge is 2.29. The third-order valence-corrected chi connectivity index (χ3v) is 3.64. The van der Waals surface area contributed by atoms with Gasteiger partial charge in [0.25, 0.3) is 5.91 Å². The van der Waals surface area contributed by atoms with Crippen LogP contribution in [0.15, 0.2) is 16.5 Å². The van der Waals surface area contributed by atoms with Gasteiger partial charge in [0.05, 0.1) is 19.7 Å². The molecule has 0 aliphatic carbocycles. The van der Waals surface area contributed by atoms with Crippen molar-refractivity contribution in [2.75, 3.05) is 19.7 Å². The van der Waals surface area contributed by atoms with E-state index in [2.05, 4.69) is 20.5 Å². The first-order chi connectivity index (χ1) is 11.5. The van der Waals surface area contributed by atoms with Gasteiger partial charge in [-0.3, -0.25) is 14.7 Å². The first-order valence-electron chi connectivity index (χ1n) is 7.66. The van der Waals surface area contributed by atoms with E-state index in [-0.39, 0.29) is 30.2 Å². The summed E-state index contributed by atoms with van der Waals surface area (Å²) in [7, 11) is 0. The van der Waals surface area contributed by atoms with Crippen LogP contribution in [0.5, 0.6) is 0 Å². The van der Waals surface area contributed by atoms with Crippen LogP contribution in [0.3, 0.4) is 0 Å². The van der Waals surface area contributed by atoms with Crippen LogP contribution in [0, 0.1) is 6.92 Å². The number of nitrogens with one attached hydrogen (secondary N) is 2. The van der Waals surface area contributed by atoms with E-state index in [1.165, 1.54) is 6.92 Å². The Labute approximate surface area is 138 Å². The molecular formula is C15H19N5O4. The van der Waals surface area contributed by atoms with Crippen LogP contribution in [0.25, 0.3) is 0 Å². The van der Waals surface area contributed by atoms with Gasteiger partial charge in [0.15, 0.2) is 11.6 Å². The number of nitrogens with zero attached hydrogens (tertiary/aromatic N) is 3. The van der Waals surface area contributed by atoms with E-state index in [1.54, 1.807) is 17.0 Å². The van der Waals surface area contributed by atoms with E-state index in [4.69, 9.17) is 9.15 Å². The molecule has 0 aromatic carbocycles. The first-order valence-corrected chi connectivity index (χ1v) is 7.66. The van der Waals surface area contributed by atoms with Gasteiger partial charge in [0.1, 0.15) is 17.7 Å². The van der Waals surface area contributed by atoms with Gasteiger partial charge in [-0.1, -0.05) is 0 Å². The molecule has 0 radical (unpaired) electrons. The quantitative estimate of drug-likeness (QED) is 0.845. The minimum Gasteiger partial charge on any atom is -0.454 e. The maximum atomic E-state index is 12.6. The highest BCUT2D eigenvalue weighted by molar-refractivity contribution is 5.91. The molecule has 0 bridgehead atoms. The Morgan fingerprint density at radius 1 is 1.46 bits per heavy atom. The molecule has 2 aromatic rings. The van der Waals surface area contributed by atoms with Crippen LogP contribution >= 0.6 is 0 Å². The van der Waals surface area contributed by atoms with Crippen molar-refractivity contribution in [1.29, 1.82) is 0 Å². The van der Waals surface area contributed by atoms with E-state index < -0.39 is 0 Å². The molecule has 1 saturated heterocycles. The molecule has 128 valence electrons. The lowest BCUT2D eigenvalue weighted by atomic mass is 10.2. The smallest absolute Gasteiger partial charge is 0.289 e. The van der Waals surface area contributed by atoms with Gasteiger partial charge >= 0.3 is 0 Å². The van der Waals surface area contributed by atoms with Gasteiger partial charge in [-0.25, -0.2) is 4.98 Å². The summed E-state index contributed by atoms with van der Waals surface area (Å²) in [6.45, 7) is 4.72. The predicted molar refractivity (Wildman–Crippen MR) is 81.9 cm³/mol. The summed E-state index contributed by atoms with van der Waals surface area (Å²) in [5.41, 5.74) is 0. The Hall–Kier alpha value is -2.68. The number of aromatic nitrogens is 3. The molecule has 0 saturated carbocycles. The molecule has 2 N–H and O–H groups in total. The summed E-state index contributed by atoms with van der Waals surface area (Å²) in [5.74, 6) is 1.63. The maximum absolute atomic E-state index is 12.6. The van der Waals surface area contributed by atoms with E-state index in [9.17, 15) is 9.59 Å². The molecule has 3 heterocycles. The molecule has 1 fully saturated rings. The van der Waals surface area contributed by atoms with Gasteiger partial charge in [0, 0.05) is 13.5 Å². The number of carbonyl (C=O) groups is 2. The minimum absolute atomic E-state index is 0.155. The van der Waals surface area contributed by atoms with Crippen LogP contribution in [0.2, 0.25) is 0 Å². The first kappa shape index (κ1) is 16.2. The van der Waals surface area contributed by atoms with E-state index in [1.807, 2.05) is 6.92 Å². The average molecular weight is 333 g/mol. The van der Waals surface area contributed by atoms with Crippen molar-refractivity contribution in [2.45, 2.75) is 26.5 Å². The van der Waals surface area contributed by atoms with Gasteiger partial charge < -0.3 is 19.4 Å². The number of hydrogen-bond donors (Lipinski definition) is 2. The number of morpholine rings is 1. The average Bonchev–Trinajstić information content (AvgIpc) is 3.21. The van der Waals surface area contributed by atoms with Gasteiger partial charge in [-0.05, 0) is 19.1 Å². The predicted octanol–water partition coefficient (Wildman–Crippen LogP) is 0.556. The van der Waals surface area contributed by atoms with Gasteiger partial charge in [-0.15, -0.1) is 0 Å². The Morgan fingerprint density at radius 2 is 2.29 bits per heavy atom. The van der Waals surface area contributed by atoms with Crippen molar-refractivity contribution in [3.05, 3.63) is 35.3 Å². The summed E-state index contributed by atoms with van der Waals surface area (Å²) >= 11 is 0. The zero-order chi connectivity index (χ0) is 17.1. The number of amides is 2. The highest BCUT2D eigenvalue weighted by atomic mass is 16.5. The zero-order valence-corrected chi connectivity index (χ0v) is 13.5. The van der Waals surface area contributed by atoms with Gasteiger partial charge in [0.2, 0.25) is 5.91 Å². The number of carbonyl (C=O) groups excluding carboxylic acids is 2. The molecule has 2 aromatic heterocycles. The second-order valence-corrected chi connectivity index (χ2v) is 5.57. The normalized spacial score (nSPS) is 17.8. The number of H-pyrrole nitrogens is 1. The Morgan fingerprint density at radius 3 is 3.00 bits per heavy atom. The SMILES string of the molecule is CC(=O)NCc1ccc(C(=O)N2CCOC(c3n[nH]c(C)n3)C2)o1. The fraction of sp³-hybridized carbons (Fsp3) is 0.467. The largest absolute Gasteiger partial charge is 0.454 e. The fourth-order valence-electron chi connectivity index (χ4n) is 2.45. The molecule has 0 spiro atoms. The molecule has 1 aliphatic heterocycles. The summed E-state index contributed by atoms with van der Waals surface area (Å²) in [5, 5.41) is 9.49. The number of furan rings is 1. The maximum Gasteiger partial charge on any atom is 0.289 e. The van der Waals surface area contributed by atoms with Crippen LogP contribution in [-0.4, -0.2) is 51.6 Å². The van der Waals surface area contributed by atoms with Crippen molar-refractivity contribution >= 4 is 11.8 Å². The molecule has 9 nitrogen and oxygen atoms in total. The molecule has 1 atom stereocenters. The number of ether oxygens (including phenoxy) is 1. The highest BCUT2D eigenvalue weighted by Crippen LogP contribution is 2.21. The van der Waals surface area contributed by atoms with Crippen molar-refractivity contribution in [3.8, 4) is 0 Å². The Kier molecular flexibility index (Phi) is 4.61. The molecule has 3 rings (SSSR count). The second kappa shape index (κ2) is 6.83. The number of rotatable bonds is 4. The van der Waals surface area contributed by atoms with Crippen molar-refractivity contribution < 1.29 is 18.7 Å². The fourth-order valence-corrected chi connectivity index (χ4v) is 2.45. The van der Waals surface area contributed by atoms with Crippen LogP contribution in [0.4, 0.5) is 0 Å². The van der Waals surface area contributed by atoms with E-state index >= 15 is 0 Å². The summed E-state index contributed by atoms with van der Waals surface area (Å²) in [6.07, 6.45) is -0.360. The number of aromatic amines is 1. The van der Waals surface area contributed by atoms with Crippen LogP contribution in [-0.2, 0) is 16.1 Å². The van der Waals surface area contributed by atoms with Gasteiger partial charge in [-0.2, -0.15) is 5.10 Å². The molecule has 2 amide bonds. The topological polar surface area (TPSA) is 113 Å². The standard InChI is InChI=1S/C15H19N5O4/c1-9-17-14(19-18-9)13-8-20(5-6-23-13)15(22)12-4-3-11(24-12)7-16-10(2)21/h3-4,13H,5-8H2,1-2H3,(H,16,21)(H,17,18,19). The monoisotopic (exact) mass is 333 g/mol. The summed E-state index contributed by atoms with van der Waals surface area (Å²) in [4.78, 5) is 29.4. The molecule has 9 heteroatoms. The minimum atomic E-state index is -0.360. The second-order valence-electron chi connectivity index (χ2n) is 5.57. The van der Waals surface area contributed by atoms with Crippen LogP contribution in [0.1, 0.15) is 41.0 Å². The van der Waals surface area contributed by atoms with Crippen molar-refractivity contribution in [1.82, 2.24) is 25.4 Å². The van der Waals surface area contributed by atoms with Crippen molar-refractivity contribution in [3.63, 3.8) is 0 Å². The zero-order valence-electron chi connectivity index (χ0n) is 13.5. The lowest BCUT2D eigenvalue weighted by Crippen LogP contribution is -2.42. The van der Waals surface area contributed by atoms with Crippen LogP contribution < -0.4 is 5.32 Å². The Balaban J connectivity index is 1.65. The summed E-state index contributed by atoms with van der Waals surface area (Å²) < 4.78 is 11.2. The molecule has 1 aliphatic rings. The third kappa shape index (κ3) is 3.62. The molecule has 1 unspecified atom stereocenters. The molecular weight excluding hydrogens is 314 g/mol. The Bertz CT molecular complexity index is 738. The number of hydrogen-bond acceptors (Lipinski definition) is 6. The van der Waals surface area contributed by atoms with E-state index in [0.717, 1.165) is 0 Å². The van der Waals surface area contributed by atoms with E-state index in [0.29, 0.717) is 37.1 Å². The lowest BCUT2D eigenvalue weighted by Gasteiger charge is -2.31.